The number of rotatable bonds is 4. The molecule has 0 saturated heterocycles. The molecule has 0 aliphatic heterocycles. The highest BCUT2D eigenvalue weighted by Gasteiger charge is 2.14. The van der Waals surface area contributed by atoms with Gasteiger partial charge in [-0.25, -0.2) is 18.7 Å². The lowest BCUT2D eigenvalue weighted by Gasteiger charge is -2.07. The number of aromatic nitrogens is 6. The lowest BCUT2D eigenvalue weighted by atomic mass is 10.2. The lowest BCUT2D eigenvalue weighted by molar-refractivity contribution is 0.577. The molecule has 4 rings (SSSR count). The molecule has 0 bridgehead atoms. The van der Waals surface area contributed by atoms with Crippen molar-refractivity contribution in [3.8, 4) is 17.2 Å². The molecule has 3 heterocycles. The van der Waals surface area contributed by atoms with Crippen LogP contribution in [0, 0.1) is 5.82 Å². The van der Waals surface area contributed by atoms with Crippen molar-refractivity contribution < 1.29 is 4.39 Å². The summed E-state index contributed by atoms with van der Waals surface area (Å²) in [6, 6.07) is 14.1. The predicted octanol–water partition coefficient (Wildman–Crippen LogP) is 2.71. The molecule has 0 radical (unpaired) electrons. The summed E-state index contributed by atoms with van der Waals surface area (Å²) in [5.41, 5.74) is 1.98. The second kappa shape index (κ2) is 6.04. The standard InChI is InChI=1S/C17H13FN6/c18-14-6-2-1-5-13(14)10-23-17(24-12-19-11-21-24)9-16(22-23)15-7-3-4-8-20-15/h1-9,11-12H,10H2. The molecule has 24 heavy (non-hydrogen) atoms. The van der Waals surface area contributed by atoms with E-state index in [1.54, 1.807) is 40.1 Å². The zero-order chi connectivity index (χ0) is 16.4. The topological polar surface area (TPSA) is 61.4 Å². The van der Waals surface area contributed by atoms with Crippen LogP contribution in [-0.2, 0) is 6.54 Å². The molecule has 0 aliphatic rings. The lowest BCUT2D eigenvalue weighted by Crippen LogP contribution is -2.10. The smallest absolute Gasteiger partial charge is 0.154 e. The minimum Gasteiger partial charge on any atom is -0.255 e. The van der Waals surface area contributed by atoms with Crippen LogP contribution in [0.4, 0.5) is 4.39 Å². The Morgan fingerprint density at radius 2 is 1.88 bits per heavy atom. The Hall–Kier alpha value is -3.35. The van der Waals surface area contributed by atoms with Crippen molar-refractivity contribution in [2.24, 2.45) is 0 Å². The average molecular weight is 320 g/mol. The Bertz CT molecular complexity index is 946. The molecule has 0 unspecified atom stereocenters. The Labute approximate surface area is 137 Å². The maximum absolute atomic E-state index is 14.0. The van der Waals surface area contributed by atoms with Crippen LogP contribution in [0.25, 0.3) is 17.2 Å². The zero-order valence-corrected chi connectivity index (χ0v) is 12.6. The first-order valence-electron chi connectivity index (χ1n) is 7.39. The Balaban J connectivity index is 1.80. The predicted molar refractivity (Wildman–Crippen MR) is 85.9 cm³/mol. The van der Waals surface area contributed by atoms with E-state index in [0.29, 0.717) is 17.1 Å². The molecule has 4 aromatic rings. The van der Waals surface area contributed by atoms with E-state index in [4.69, 9.17) is 0 Å². The van der Waals surface area contributed by atoms with E-state index in [-0.39, 0.29) is 12.4 Å². The number of benzene rings is 1. The first kappa shape index (κ1) is 14.3. The largest absolute Gasteiger partial charge is 0.255 e. The third-order valence-electron chi connectivity index (χ3n) is 3.62. The van der Waals surface area contributed by atoms with Gasteiger partial charge in [0, 0.05) is 17.8 Å². The number of hydrogen-bond acceptors (Lipinski definition) is 4. The molecule has 0 aliphatic carbocycles. The van der Waals surface area contributed by atoms with E-state index >= 15 is 0 Å². The van der Waals surface area contributed by atoms with Crippen molar-refractivity contribution in [1.29, 1.82) is 0 Å². The Kier molecular flexibility index (Phi) is 3.59. The second-order valence-corrected chi connectivity index (χ2v) is 5.19. The van der Waals surface area contributed by atoms with Gasteiger partial charge in [-0.15, -0.1) is 0 Å². The summed E-state index contributed by atoms with van der Waals surface area (Å²) in [6.07, 6.45) is 4.73. The van der Waals surface area contributed by atoms with Crippen LogP contribution in [0.2, 0.25) is 0 Å². The van der Waals surface area contributed by atoms with Crippen molar-refractivity contribution in [3.63, 3.8) is 0 Å². The van der Waals surface area contributed by atoms with Gasteiger partial charge in [0.2, 0.25) is 0 Å². The molecular weight excluding hydrogens is 307 g/mol. The SMILES string of the molecule is Fc1ccccc1Cn1nc(-c2ccccn2)cc1-n1cncn1. The zero-order valence-electron chi connectivity index (χ0n) is 12.6. The van der Waals surface area contributed by atoms with Gasteiger partial charge in [0.05, 0.1) is 12.2 Å². The molecule has 0 saturated carbocycles. The minimum absolute atomic E-state index is 0.267. The molecule has 0 N–H and O–H groups in total. The van der Waals surface area contributed by atoms with Crippen molar-refractivity contribution >= 4 is 0 Å². The highest BCUT2D eigenvalue weighted by atomic mass is 19.1. The maximum Gasteiger partial charge on any atom is 0.154 e. The van der Waals surface area contributed by atoms with Gasteiger partial charge in [-0.05, 0) is 18.2 Å². The highest BCUT2D eigenvalue weighted by molar-refractivity contribution is 5.56. The van der Waals surface area contributed by atoms with Crippen LogP contribution in [0.3, 0.4) is 0 Å². The maximum atomic E-state index is 14.0. The van der Waals surface area contributed by atoms with Crippen LogP contribution in [0.5, 0.6) is 0 Å². The van der Waals surface area contributed by atoms with Gasteiger partial charge in [-0.1, -0.05) is 24.3 Å². The van der Waals surface area contributed by atoms with Gasteiger partial charge < -0.3 is 0 Å². The van der Waals surface area contributed by atoms with E-state index < -0.39 is 0 Å². The summed E-state index contributed by atoms with van der Waals surface area (Å²) in [6.45, 7) is 0.286. The first-order valence-corrected chi connectivity index (χ1v) is 7.39. The van der Waals surface area contributed by atoms with E-state index in [0.717, 1.165) is 5.69 Å². The van der Waals surface area contributed by atoms with Gasteiger partial charge in [0.15, 0.2) is 5.82 Å². The number of hydrogen-bond donors (Lipinski definition) is 0. The van der Waals surface area contributed by atoms with E-state index in [9.17, 15) is 4.39 Å². The monoisotopic (exact) mass is 320 g/mol. The first-order chi connectivity index (χ1) is 11.8. The average Bonchev–Trinajstić information content (AvgIpc) is 3.27. The van der Waals surface area contributed by atoms with Gasteiger partial charge >= 0.3 is 0 Å². The fourth-order valence-corrected chi connectivity index (χ4v) is 2.46. The van der Waals surface area contributed by atoms with Gasteiger partial charge in [-0.3, -0.25) is 4.98 Å². The van der Waals surface area contributed by atoms with E-state index in [1.807, 2.05) is 24.3 Å². The molecule has 0 spiro atoms. The summed E-state index contributed by atoms with van der Waals surface area (Å²) in [5, 5.41) is 8.72. The minimum atomic E-state index is -0.267. The molecule has 0 atom stereocenters. The van der Waals surface area contributed by atoms with Gasteiger partial charge in [0.1, 0.15) is 24.2 Å². The van der Waals surface area contributed by atoms with Crippen LogP contribution >= 0.6 is 0 Å². The normalized spacial score (nSPS) is 10.9. The van der Waals surface area contributed by atoms with Crippen LogP contribution in [-0.4, -0.2) is 29.5 Å². The van der Waals surface area contributed by atoms with Crippen molar-refractivity contribution in [2.45, 2.75) is 6.54 Å². The number of nitrogens with zero attached hydrogens (tertiary/aromatic N) is 6. The van der Waals surface area contributed by atoms with Crippen molar-refractivity contribution in [1.82, 2.24) is 29.5 Å². The highest BCUT2D eigenvalue weighted by Crippen LogP contribution is 2.20. The van der Waals surface area contributed by atoms with E-state index in [1.165, 1.54) is 12.4 Å². The summed E-state index contributed by atoms with van der Waals surface area (Å²) in [5.74, 6) is 0.424. The molecule has 6 nitrogen and oxygen atoms in total. The van der Waals surface area contributed by atoms with Crippen molar-refractivity contribution in [3.05, 3.63) is 78.8 Å². The van der Waals surface area contributed by atoms with Crippen LogP contribution in [0.15, 0.2) is 67.4 Å². The fraction of sp³-hybridized carbons (Fsp3) is 0.0588. The Morgan fingerprint density at radius 1 is 1.00 bits per heavy atom. The summed E-state index contributed by atoms with van der Waals surface area (Å²) < 4.78 is 17.3. The van der Waals surface area contributed by atoms with Crippen LogP contribution < -0.4 is 0 Å². The fourth-order valence-electron chi connectivity index (χ4n) is 2.46. The van der Waals surface area contributed by atoms with Gasteiger partial charge in [-0.2, -0.15) is 10.2 Å². The summed E-state index contributed by atoms with van der Waals surface area (Å²) in [7, 11) is 0. The molecule has 1 aromatic carbocycles. The number of pyridine rings is 1. The van der Waals surface area contributed by atoms with Gasteiger partial charge in [0.25, 0.3) is 0 Å². The third-order valence-corrected chi connectivity index (χ3v) is 3.62. The summed E-state index contributed by atoms with van der Waals surface area (Å²) >= 11 is 0. The molecule has 118 valence electrons. The van der Waals surface area contributed by atoms with E-state index in [2.05, 4.69) is 20.2 Å². The second-order valence-electron chi connectivity index (χ2n) is 5.19. The number of halogens is 1. The quantitative estimate of drug-likeness (QED) is 0.580. The molecule has 3 aromatic heterocycles. The molecular formula is C17H13FN6. The Morgan fingerprint density at radius 3 is 2.62 bits per heavy atom. The van der Waals surface area contributed by atoms with Crippen LogP contribution in [0.1, 0.15) is 5.56 Å². The molecule has 7 heteroatoms. The summed E-state index contributed by atoms with van der Waals surface area (Å²) in [4.78, 5) is 8.28. The molecule has 0 amide bonds. The van der Waals surface area contributed by atoms with Crippen molar-refractivity contribution in [2.75, 3.05) is 0 Å². The molecule has 0 fully saturated rings. The third kappa shape index (κ3) is 2.67.